The molecule has 2 unspecified atom stereocenters. The molecule has 0 spiro atoms. The molecule has 0 aromatic rings. The van der Waals surface area contributed by atoms with Crippen LogP contribution in [0.15, 0.2) is 0 Å². The molecule has 2 aliphatic rings. The van der Waals surface area contributed by atoms with Gasteiger partial charge in [0.2, 0.25) is 0 Å². The lowest BCUT2D eigenvalue weighted by molar-refractivity contribution is 0.0512. The molecule has 0 amide bonds. The molecule has 2 aliphatic heterocycles. The quantitative estimate of drug-likeness (QED) is 0.524. The van der Waals surface area contributed by atoms with Gasteiger partial charge in [-0.05, 0) is 61.4 Å². The maximum Gasteiger partial charge on any atom is 0.00246 e. The highest BCUT2D eigenvalue weighted by atomic mass is 15.2. The molecule has 0 N–H and O–H groups in total. The third kappa shape index (κ3) is 6.33. The first-order valence-electron chi connectivity index (χ1n) is 10.8. The zero-order chi connectivity index (χ0) is 17.7. The number of nitrogens with zero attached hydrogens (tertiary/aromatic N) is 2. The average molecular weight is 337 g/mol. The average Bonchev–Trinajstić information content (AvgIpc) is 2.40. The van der Waals surface area contributed by atoms with Crippen molar-refractivity contribution in [2.75, 3.05) is 39.3 Å². The van der Waals surface area contributed by atoms with Gasteiger partial charge in [-0.2, -0.15) is 0 Å². The zero-order valence-corrected chi connectivity index (χ0v) is 17.4. The Labute approximate surface area is 152 Å². The number of hydrogen-bond donors (Lipinski definition) is 0. The van der Waals surface area contributed by atoms with E-state index in [2.05, 4.69) is 51.3 Å². The van der Waals surface area contributed by atoms with Crippen molar-refractivity contribution < 1.29 is 0 Å². The first-order valence-corrected chi connectivity index (χ1v) is 10.8. The second-order valence-electron chi connectivity index (χ2n) is 9.91. The molecule has 2 heteroatoms. The second kappa shape index (κ2) is 9.57. The summed E-state index contributed by atoms with van der Waals surface area (Å²) in [6.45, 7) is 22.5. The van der Waals surface area contributed by atoms with Crippen LogP contribution in [0.3, 0.4) is 0 Å². The summed E-state index contributed by atoms with van der Waals surface area (Å²) < 4.78 is 0. The fourth-order valence-corrected chi connectivity index (χ4v) is 4.14. The summed E-state index contributed by atoms with van der Waals surface area (Å²) in [7, 11) is 0. The smallest absolute Gasteiger partial charge is 0.00246 e. The molecule has 142 valence electrons. The summed E-state index contributed by atoms with van der Waals surface area (Å²) >= 11 is 0. The maximum atomic E-state index is 2.67. The standard InChI is InChI=1S/C22H44N2/c1-17(2)9-11-23-15-22(16-23)20(6)8-7-19(5)10-12-24-13-21(14-24)18(3)4/h17-22H,7-16H2,1-6H3. The highest BCUT2D eigenvalue weighted by Crippen LogP contribution is 2.29. The third-order valence-electron chi connectivity index (χ3n) is 6.79. The molecule has 2 fully saturated rings. The van der Waals surface area contributed by atoms with E-state index in [1.54, 1.807) is 0 Å². The van der Waals surface area contributed by atoms with E-state index in [9.17, 15) is 0 Å². The van der Waals surface area contributed by atoms with E-state index in [1.165, 1.54) is 65.0 Å². The predicted molar refractivity (Wildman–Crippen MR) is 106 cm³/mol. The number of rotatable bonds is 11. The Hall–Kier alpha value is -0.0800. The van der Waals surface area contributed by atoms with E-state index in [0.29, 0.717) is 0 Å². The fraction of sp³-hybridized carbons (Fsp3) is 1.00. The van der Waals surface area contributed by atoms with Gasteiger partial charge >= 0.3 is 0 Å². The highest BCUT2D eigenvalue weighted by molar-refractivity contribution is 4.84. The molecule has 2 saturated heterocycles. The van der Waals surface area contributed by atoms with Crippen LogP contribution in [-0.4, -0.2) is 49.1 Å². The van der Waals surface area contributed by atoms with E-state index in [-0.39, 0.29) is 0 Å². The van der Waals surface area contributed by atoms with Crippen molar-refractivity contribution in [1.82, 2.24) is 9.80 Å². The summed E-state index contributed by atoms with van der Waals surface area (Å²) in [4.78, 5) is 5.34. The van der Waals surface area contributed by atoms with Crippen molar-refractivity contribution in [1.29, 1.82) is 0 Å². The van der Waals surface area contributed by atoms with Crippen LogP contribution in [0.2, 0.25) is 0 Å². The van der Waals surface area contributed by atoms with Crippen LogP contribution in [0.4, 0.5) is 0 Å². The largest absolute Gasteiger partial charge is 0.303 e. The Morgan fingerprint density at radius 2 is 1.21 bits per heavy atom. The lowest BCUT2D eigenvalue weighted by atomic mass is 9.82. The Morgan fingerprint density at radius 3 is 1.75 bits per heavy atom. The van der Waals surface area contributed by atoms with Crippen LogP contribution in [0, 0.1) is 35.5 Å². The summed E-state index contributed by atoms with van der Waals surface area (Å²) in [5, 5.41) is 0. The van der Waals surface area contributed by atoms with Crippen LogP contribution in [-0.2, 0) is 0 Å². The zero-order valence-electron chi connectivity index (χ0n) is 17.4. The number of hydrogen-bond acceptors (Lipinski definition) is 2. The van der Waals surface area contributed by atoms with Gasteiger partial charge in [-0.1, -0.05) is 54.4 Å². The minimum Gasteiger partial charge on any atom is -0.303 e. The van der Waals surface area contributed by atoms with Crippen molar-refractivity contribution in [3.8, 4) is 0 Å². The molecule has 2 nitrogen and oxygen atoms in total. The summed E-state index contributed by atoms with van der Waals surface area (Å²) in [5.74, 6) is 5.51. The van der Waals surface area contributed by atoms with Crippen molar-refractivity contribution in [2.24, 2.45) is 35.5 Å². The van der Waals surface area contributed by atoms with Crippen LogP contribution in [0.5, 0.6) is 0 Å². The van der Waals surface area contributed by atoms with Crippen molar-refractivity contribution in [2.45, 2.75) is 67.2 Å². The Morgan fingerprint density at radius 1 is 0.667 bits per heavy atom. The van der Waals surface area contributed by atoms with E-state index in [0.717, 1.165) is 35.5 Å². The fourth-order valence-electron chi connectivity index (χ4n) is 4.14. The molecule has 2 heterocycles. The lowest BCUT2D eigenvalue weighted by Crippen LogP contribution is -2.50. The minimum absolute atomic E-state index is 0.851. The van der Waals surface area contributed by atoms with Crippen molar-refractivity contribution >= 4 is 0 Å². The molecule has 0 bridgehead atoms. The van der Waals surface area contributed by atoms with Crippen LogP contribution < -0.4 is 0 Å². The van der Waals surface area contributed by atoms with Gasteiger partial charge in [0.1, 0.15) is 0 Å². The number of likely N-dealkylation sites (tertiary alicyclic amines) is 2. The van der Waals surface area contributed by atoms with Crippen LogP contribution in [0.1, 0.15) is 67.2 Å². The maximum absolute atomic E-state index is 2.67. The van der Waals surface area contributed by atoms with Crippen LogP contribution >= 0.6 is 0 Å². The molecule has 0 saturated carbocycles. The van der Waals surface area contributed by atoms with Gasteiger partial charge in [-0.25, -0.2) is 0 Å². The molecule has 24 heavy (non-hydrogen) atoms. The molecule has 0 aromatic carbocycles. The van der Waals surface area contributed by atoms with Gasteiger partial charge in [0.25, 0.3) is 0 Å². The minimum atomic E-state index is 0.851. The molecule has 0 aliphatic carbocycles. The normalized spacial score (nSPS) is 23.5. The predicted octanol–water partition coefficient (Wildman–Crippen LogP) is 4.99. The summed E-state index contributed by atoms with van der Waals surface area (Å²) in [6, 6.07) is 0. The van der Waals surface area contributed by atoms with Gasteiger partial charge in [-0.3, -0.25) is 0 Å². The SMILES string of the molecule is CC(C)CCN1CC(C(C)CCC(C)CCN2CC(C(C)C)C2)C1. The van der Waals surface area contributed by atoms with Gasteiger partial charge < -0.3 is 9.80 Å². The first kappa shape index (κ1) is 20.2. The van der Waals surface area contributed by atoms with Gasteiger partial charge in [0, 0.05) is 26.2 Å². The lowest BCUT2D eigenvalue weighted by Gasteiger charge is -2.43. The molecular formula is C22H44N2. The van der Waals surface area contributed by atoms with Gasteiger partial charge in [0.15, 0.2) is 0 Å². The second-order valence-corrected chi connectivity index (χ2v) is 9.91. The highest BCUT2D eigenvalue weighted by Gasteiger charge is 2.31. The van der Waals surface area contributed by atoms with Crippen molar-refractivity contribution in [3.63, 3.8) is 0 Å². The summed E-state index contributed by atoms with van der Waals surface area (Å²) in [5.41, 5.74) is 0. The Balaban J connectivity index is 1.48. The van der Waals surface area contributed by atoms with Gasteiger partial charge in [-0.15, -0.1) is 0 Å². The van der Waals surface area contributed by atoms with E-state index >= 15 is 0 Å². The molecule has 2 atom stereocenters. The monoisotopic (exact) mass is 336 g/mol. The van der Waals surface area contributed by atoms with Crippen LogP contribution in [0.25, 0.3) is 0 Å². The Kier molecular flexibility index (Phi) is 8.07. The van der Waals surface area contributed by atoms with Gasteiger partial charge in [0.05, 0.1) is 0 Å². The van der Waals surface area contributed by atoms with E-state index < -0.39 is 0 Å². The summed E-state index contributed by atoms with van der Waals surface area (Å²) in [6.07, 6.45) is 5.65. The molecule has 2 rings (SSSR count). The molecule has 0 radical (unpaired) electrons. The molecular weight excluding hydrogens is 292 g/mol. The van der Waals surface area contributed by atoms with E-state index in [4.69, 9.17) is 0 Å². The Bertz CT molecular complexity index is 340. The van der Waals surface area contributed by atoms with E-state index in [1.807, 2.05) is 0 Å². The van der Waals surface area contributed by atoms with Crippen molar-refractivity contribution in [3.05, 3.63) is 0 Å². The topological polar surface area (TPSA) is 6.48 Å². The first-order chi connectivity index (χ1) is 11.3. The third-order valence-corrected chi connectivity index (χ3v) is 6.79. The molecule has 0 aromatic heterocycles.